The molecule has 6 nitrogen and oxygen atoms in total. The number of halogens is 3. The molecule has 1 amide bonds. The number of carbonyl (C=O) groups is 1. The van der Waals surface area contributed by atoms with E-state index in [9.17, 15) is 13.6 Å². The van der Waals surface area contributed by atoms with Crippen molar-refractivity contribution in [2.45, 2.75) is 44.7 Å². The van der Waals surface area contributed by atoms with Crippen LogP contribution >= 0.6 is 12.4 Å². The van der Waals surface area contributed by atoms with E-state index in [4.69, 9.17) is 0 Å². The fraction of sp³-hybridized carbons (Fsp3) is 0.450. The van der Waals surface area contributed by atoms with Gasteiger partial charge in [-0.05, 0) is 50.8 Å². The third-order valence-corrected chi connectivity index (χ3v) is 4.84. The van der Waals surface area contributed by atoms with Crippen LogP contribution in [0.15, 0.2) is 24.3 Å². The van der Waals surface area contributed by atoms with Crippen molar-refractivity contribution in [3.8, 4) is 0 Å². The first-order valence-electron chi connectivity index (χ1n) is 9.37. The number of amides is 1. The summed E-state index contributed by atoms with van der Waals surface area (Å²) < 4.78 is 26.3. The molecule has 1 aliphatic rings. The number of hydrogen-bond acceptors (Lipinski definition) is 5. The van der Waals surface area contributed by atoms with Gasteiger partial charge in [-0.1, -0.05) is 0 Å². The summed E-state index contributed by atoms with van der Waals surface area (Å²) in [6.45, 7) is 1.94. The number of hydrogen-bond donors (Lipinski definition) is 2. The maximum absolute atomic E-state index is 13.3. The summed E-state index contributed by atoms with van der Waals surface area (Å²) in [7, 11) is 3.80. The minimum atomic E-state index is -1.02. The first-order chi connectivity index (χ1) is 13.3. The molecule has 0 saturated heterocycles. The van der Waals surface area contributed by atoms with E-state index in [1.807, 2.05) is 32.0 Å². The highest BCUT2D eigenvalue weighted by atomic mass is 35.5. The average Bonchev–Trinajstić information content (AvgIpc) is 2.65. The van der Waals surface area contributed by atoms with Crippen LogP contribution in [0.25, 0.3) is 0 Å². The van der Waals surface area contributed by atoms with Crippen LogP contribution < -0.4 is 15.5 Å². The number of rotatable bonds is 5. The number of aryl methyl sites for hydroxylation is 1. The molecule has 3 rings (SSSR count). The molecule has 9 heteroatoms. The third-order valence-electron chi connectivity index (χ3n) is 4.84. The first kappa shape index (κ1) is 22.8. The molecule has 0 bridgehead atoms. The van der Waals surface area contributed by atoms with E-state index >= 15 is 0 Å². The Balaban J connectivity index is 0.00000300. The van der Waals surface area contributed by atoms with Crippen LogP contribution in [0.4, 0.5) is 20.5 Å². The fourth-order valence-electron chi connectivity index (χ4n) is 3.32. The van der Waals surface area contributed by atoms with E-state index in [1.165, 1.54) is 6.07 Å². The van der Waals surface area contributed by atoms with Crippen LogP contribution in [-0.4, -0.2) is 42.1 Å². The van der Waals surface area contributed by atoms with Crippen molar-refractivity contribution in [2.24, 2.45) is 0 Å². The summed E-state index contributed by atoms with van der Waals surface area (Å²) in [5.41, 5.74) is 1.03. The Morgan fingerprint density at radius 3 is 2.31 bits per heavy atom. The molecule has 0 unspecified atom stereocenters. The van der Waals surface area contributed by atoms with E-state index in [0.717, 1.165) is 49.3 Å². The maximum atomic E-state index is 13.3. The van der Waals surface area contributed by atoms with E-state index < -0.39 is 11.6 Å². The molecule has 1 aromatic heterocycles. The Kier molecular flexibility index (Phi) is 7.73. The van der Waals surface area contributed by atoms with Crippen LogP contribution in [0.1, 0.15) is 41.7 Å². The monoisotopic (exact) mass is 425 g/mol. The normalized spacial score (nSPS) is 18.5. The zero-order valence-electron chi connectivity index (χ0n) is 16.7. The molecule has 0 spiro atoms. The molecule has 2 aromatic rings. The highest BCUT2D eigenvalue weighted by Crippen LogP contribution is 2.23. The van der Waals surface area contributed by atoms with Gasteiger partial charge in [0.2, 0.25) is 5.95 Å². The van der Waals surface area contributed by atoms with Crippen LogP contribution in [0.5, 0.6) is 0 Å². The molecule has 1 heterocycles. The summed E-state index contributed by atoms with van der Waals surface area (Å²) in [5, 5.41) is 6.37. The summed E-state index contributed by atoms with van der Waals surface area (Å²) in [6.07, 6.45) is 3.36. The molecular formula is C20H26ClF2N5O. The predicted molar refractivity (Wildman–Crippen MR) is 112 cm³/mol. The Morgan fingerprint density at radius 2 is 1.69 bits per heavy atom. The van der Waals surface area contributed by atoms with Gasteiger partial charge >= 0.3 is 0 Å². The van der Waals surface area contributed by atoms with Crippen molar-refractivity contribution < 1.29 is 13.6 Å². The predicted octanol–water partition coefficient (Wildman–Crippen LogP) is 3.70. The molecule has 158 valence electrons. The second kappa shape index (κ2) is 9.82. The topological polar surface area (TPSA) is 70.2 Å². The highest BCUT2D eigenvalue weighted by Gasteiger charge is 2.23. The second-order valence-corrected chi connectivity index (χ2v) is 7.38. The van der Waals surface area contributed by atoms with Crippen LogP contribution in [0.2, 0.25) is 0 Å². The summed E-state index contributed by atoms with van der Waals surface area (Å²) in [6, 6.07) is 5.39. The Hall–Kier alpha value is -2.48. The van der Waals surface area contributed by atoms with Gasteiger partial charge in [0.1, 0.15) is 5.82 Å². The molecule has 1 aromatic carbocycles. The van der Waals surface area contributed by atoms with E-state index in [2.05, 4.69) is 20.6 Å². The number of nitrogens with zero attached hydrogens (tertiary/aromatic N) is 3. The van der Waals surface area contributed by atoms with Crippen LogP contribution in [0, 0.1) is 18.6 Å². The summed E-state index contributed by atoms with van der Waals surface area (Å²) in [5.74, 6) is -0.892. The molecule has 1 fully saturated rings. The van der Waals surface area contributed by atoms with E-state index in [0.29, 0.717) is 5.95 Å². The lowest BCUT2D eigenvalue weighted by atomic mass is 9.91. The smallest absolute Gasteiger partial charge is 0.251 e. The molecular weight excluding hydrogens is 400 g/mol. The van der Waals surface area contributed by atoms with Gasteiger partial charge in [-0.3, -0.25) is 4.79 Å². The Labute approximate surface area is 175 Å². The van der Waals surface area contributed by atoms with Crippen molar-refractivity contribution in [1.29, 1.82) is 0 Å². The van der Waals surface area contributed by atoms with Crippen molar-refractivity contribution in [3.63, 3.8) is 0 Å². The lowest BCUT2D eigenvalue weighted by Crippen LogP contribution is -2.40. The molecule has 0 radical (unpaired) electrons. The molecule has 29 heavy (non-hydrogen) atoms. The van der Waals surface area contributed by atoms with Crippen LogP contribution in [0.3, 0.4) is 0 Å². The van der Waals surface area contributed by atoms with Crippen molar-refractivity contribution in [2.75, 3.05) is 24.3 Å². The number of aromatic nitrogens is 2. The van der Waals surface area contributed by atoms with Gasteiger partial charge in [0, 0.05) is 43.5 Å². The number of anilines is 2. The van der Waals surface area contributed by atoms with Gasteiger partial charge in [0.15, 0.2) is 11.6 Å². The standard InChI is InChI=1S/C20H25F2N5O.ClH/c1-12-10-18(26-20(23-12)27(2)3)24-14-5-7-15(8-6-14)25-19(28)13-4-9-16(21)17(22)11-13;/h4,9-11,14-15H,5-8H2,1-3H3,(H,25,28)(H,23,24,26);1H/t14-,15+;. The van der Waals surface area contributed by atoms with Gasteiger partial charge in [-0.15, -0.1) is 12.4 Å². The maximum Gasteiger partial charge on any atom is 0.251 e. The number of carbonyl (C=O) groups excluding carboxylic acids is 1. The zero-order valence-corrected chi connectivity index (χ0v) is 17.5. The van der Waals surface area contributed by atoms with Gasteiger partial charge < -0.3 is 15.5 Å². The zero-order chi connectivity index (χ0) is 20.3. The fourth-order valence-corrected chi connectivity index (χ4v) is 3.32. The first-order valence-corrected chi connectivity index (χ1v) is 9.37. The van der Waals surface area contributed by atoms with E-state index in [1.54, 1.807) is 0 Å². The van der Waals surface area contributed by atoms with Gasteiger partial charge in [0.05, 0.1) is 0 Å². The second-order valence-electron chi connectivity index (χ2n) is 7.38. The quantitative estimate of drug-likeness (QED) is 0.764. The number of benzene rings is 1. The SMILES string of the molecule is Cc1cc(N[C@H]2CC[C@@H](NC(=O)c3ccc(F)c(F)c3)CC2)nc(N(C)C)n1.Cl. The van der Waals surface area contributed by atoms with Gasteiger partial charge in [-0.25, -0.2) is 13.8 Å². The van der Waals surface area contributed by atoms with E-state index in [-0.39, 0.29) is 36.0 Å². The molecule has 0 atom stereocenters. The highest BCUT2D eigenvalue weighted by molar-refractivity contribution is 5.94. The Morgan fingerprint density at radius 1 is 1.03 bits per heavy atom. The molecule has 2 N–H and O–H groups in total. The lowest BCUT2D eigenvalue weighted by Gasteiger charge is -2.30. The van der Waals surface area contributed by atoms with Crippen LogP contribution in [-0.2, 0) is 0 Å². The van der Waals surface area contributed by atoms with Crippen molar-refractivity contribution >= 4 is 30.1 Å². The number of nitrogens with one attached hydrogen (secondary N) is 2. The third kappa shape index (κ3) is 6.00. The molecule has 1 aliphatic carbocycles. The minimum absolute atomic E-state index is 0. The van der Waals surface area contributed by atoms with Crippen molar-refractivity contribution in [3.05, 3.63) is 47.2 Å². The summed E-state index contributed by atoms with van der Waals surface area (Å²) in [4.78, 5) is 23.0. The average molecular weight is 426 g/mol. The Bertz CT molecular complexity index is 857. The van der Waals surface area contributed by atoms with Gasteiger partial charge in [-0.2, -0.15) is 4.98 Å². The lowest BCUT2D eigenvalue weighted by molar-refractivity contribution is 0.0926. The van der Waals surface area contributed by atoms with Crippen molar-refractivity contribution in [1.82, 2.24) is 15.3 Å². The minimum Gasteiger partial charge on any atom is -0.367 e. The molecule has 0 aliphatic heterocycles. The van der Waals surface area contributed by atoms with Gasteiger partial charge in [0.25, 0.3) is 5.91 Å². The largest absolute Gasteiger partial charge is 0.367 e. The molecule has 1 saturated carbocycles. The summed E-state index contributed by atoms with van der Waals surface area (Å²) >= 11 is 0.